The van der Waals surface area contributed by atoms with Gasteiger partial charge in [0.1, 0.15) is 11.6 Å². The van der Waals surface area contributed by atoms with Crippen LogP contribution in [0.5, 0.6) is 0 Å². The zero-order chi connectivity index (χ0) is 13.1. The molecule has 0 unspecified atom stereocenters. The van der Waals surface area contributed by atoms with Crippen LogP contribution in [0.4, 0.5) is 5.82 Å². The van der Waals surface area contributed by atoms with Crippen LogP contribution < -0.4 is 5.32 Å². The van der Waals surface area contributed by atoms with Crippen LogP contribution in [0.2, 0.25) is 10.0 Å². The number of benzene rings is 1. The fourth-order valence-corrected chi connectivity index (χ4v) is 2.08. The standard InChI is InChI=1S/C13H13Cl2N3/c1-3-16-12-7-11(17-8(2)18-12)9-5-4-6-10(14)13(9)15/h4-7H,3H2,1-2H3,(H,16,17,18). The molecule has 0 radical (unpaired) electrons. The predicted octanol–water partition coefficient (Wildman–Crippen LogP) is 4.19. The summed E-state index contributed by atoms with van der Waals surface area (Å²) in [4.78, 5) is 8.70. The van der Waals surface area contributed by atoms with Crippen LogP contribution >= 0.6 is 23.2 Å². The molecule has 0 saturated heterocycles. The van der Waals surface area contributed by atoms with Crippen molar-refractivity contribution in [3.05, 3.63) is 40.1 Å². The highest BCUT2D eigenvalue weighted by atomic mass is 35.5. The number of hydrogen-bond donors (Lipinski definition) is 1. The average molecular weight is 282 g/mol. The quantitative estimate of drug-likeness (QED) is 0.917. The van der Waals surface area contributed by atoms with E-state index in [0.717, 1.165) is 23.6 Å². The summed E-state index contributed by atoms with van der Waals surface area (Å²) in [5, 5.41) is 4.20. The van der Waals surface area contributed by atoms with Crippen LogP contribution in [0.15, 0.2) is 24.3 Å². The van der Waals surface area contributed by atoms with Gasteiger partial charge in [-0.25, -0.2) is 9.97 Å². The lowest BCUT2D eigenvalue weighted by Crippen LogP contribution is -2.02. The molecule has 18 heavy (non-hydrogen) atoms. The average Bonchev–Trinajstić information content (AvgIpc) is 2.32. The fourth-order valence-electron chi connectivity index (χ4n) is 1.68. The van der Waals surface area contributed by atoms with Gasteiger partial charge in [0.15, 0.2) is 0 Å². The molecular formula is C13H13Cl2N3. The first-order valence-electron chi connectivity index (χ1n) is 5.65. The lowest BCUT2D eigenvalue weighted by Gasteiger charge is -2.09. The molecule has 1 aromatic heterocycles. The van der Waals surface area contributed by atoms with Gasteiger partial charge in [-0.3, -0.25) is 0 Å². The number of halogens is 2. The summed E-state index contributed by atoms with van der Waals surface area (Å²) in [7, 11) is 0. The van der Waals surface area contributed by atoms with E-state index in [1.165, 1.54) is 0 Å². The molecule has 0 aliphatic carbocycles. The third-order valence-corrected chi connectivity index (χ3v) is 3.24. The van der Waals surface area contributed by atoms with Crippen LogP contribution in [0.3, 0.4) is 0 Å². The van der Waals surface area contributed by atoms with Crippen LogP contribution in [-0.4, -0.2) is 16.5 Å². The Balaban J connectivity index is 2.53. The van der Waals surface area contributed by atoms with Gasteiger partial charge in [0.05, 0.1) is 15.7 Å². The number of aromatic nitrogens is 2. The second kappa shape index (κ2) is 5.55. The minimum absolute atomic E-state index is 0.514. The molecule has 0 aliphatic heterocycles. The molecule has 1 aromatic carbocycles. The summed E-state index contributed by atoms with van der Waals surface area (Å²) in [5.74, 6) is 1.48. The predicted molar refractivity (Wildman–Crippen MR) is 76.4 cm³/mol. The summed E-state index contributed by atoms with van der Waals surface area (Å²) in [6, 6.07) is 7.38. The Morgan fingerprint density at radius 2 is 2.00 bits per heavy atom. The van der Waals surface area contributed by atoms with Crippen molar-refractivity contribution in [3.63, 3.8) is 0 Å². The van der Waals surface area contributed by atoms with E-state index in [-0.39, 0.29) is 0 Å². The van der Waals surface area contributed by atoms with Crippen molar-refractivity contribution in [2.45, 2.75) is 13.8 Å². The van der Waals surface area contributed by atoms with Gasteiger partial charge in [-0.1, -0.05) is 35.3 Å². The molecule has 0 spiro atoms. The Morgan fingerprint density at radius 3 is 2.72 bits per heavy atom. The van der Waals surface area contributed by atoms with E-state index < -0.39 is 0 Å². The number of anilines is 1. The molecule has 0 bridgehead atoms. The number of aryl methyl sites for hydroxylation is 1. The Kier molecular flexibility index (Phi) is 4.04. The van der Waals surface area contributed by atoms with Gasteiger partial charge >= 0.3 is 0 Å². The molecule has 94 valence electrons. The number of rotatable bonds is 3. The van der Waals surface area contributed by atoms with Crippen molar-refractivity contribution in [3.8, 4) is 11.3 Å². The molecule has 0 atom stereocenters. The van der Waals surface area contributed by atoms with Gasteiger partial charge in [-0.2, -0.15) is 0 Å². The molecule has 0 amide bonds. The van der Waals surface area contributed by atoms with Gasteiger partial charge in [0.2, 0.25) is 0 Å². The highest BCUT2D eigenvalue weighted by Gasteiger charge is 2.10. The smallest absolute Gasteiger partial charge is 0.130 e. The molecule has 2 aromatic rings. The molecule has 5 heteroatoms. The Hall–Kier alpha value is -1.32. The molecule has 0 saturated carbocycles. The second-order valence-corrected chi connectivity index (χ2v) is 4.60. The van der Waals surface area contributed by atoms with Crippen molar-refractivity contribution in [1.82, 2.24) is 9.97 Å². The van der Waals surface area contributed by atoms with E-state index >= 15 is 0 Å². The fraction of sp³-hybridized carbons (Fsp3) is 0.231. The normalized spacial score (nSPS) is 10.4. The third kappa shape index (κ3) is 2.74. The Morgan fingerprint density at radius 1 is 1.22 bits per heavy atom. The lowest BCUT2D eigenvalue weighted by atomic mass is 10.1. The van der Waals surface area contributed by atoms with E-state index in [2.05, 4.69) is 15.3 Å². The van der Waals surface area contributed by atoms with Gasteiger partial charge in [0, 0.05) is 18.2 Å². The van der Waals surface area contributed by atoms with E-state index in [0.29, 0.717) is 15.9 Å². The minimum Gasteiger partial charge on any atom is -0.370 e. The summed E-state index contributed by atoms with van der Waals surface area (Å²) in [6.45, 7) is 4.67. The second-order valence-electron chi connectivity index (χ2n) is 3.82. The van der Waals surface area contributed by atoms with Crippen molar-refractivity contribution < 1.29 is 0 Å². The highest BCUT2D eigenvalue weighted by molar-refractivity contribution is 6.43. The Bertz CT molecular complexity index is 570. The SMILES string of the molecule is CCNc1cc(-c2cccc(Cl)c2Cl)nc(C)n1. The lowest BCUT2D eigenvalue weighted by molar-refractivity contribution is 1.04. The number of nitrogens with one attached hydrogen (secondary N) is 1. The molecule has 2 rings (SSSR count). The van der Waals surface area contributed by atoms with Crippen LogP contribution in [-0.2, 0) is 0 Å². The molecule has 1 N–H and O–H groups in total. The summed E-state index contributed by atoms with van der Waals surface area (Å²) in [5.41, 5.74) is 1.58. The van der Waals surface area contributed by atoms with E-state index in [1.807, 2.05) is 32.0 Å². The third-order valence-electron chi connectivity index (χ3n) is 2.42. The monoisotopic (exact) mass is 281 g/mol. The van der Waals surface area contributed by atoms with Gasteiger partial charge in [-0.15, -0.1) is 0 Å². The molecule has 0 aliphatic rings. The van der Waals surface area contributed by atoms with Gasteiger partial charge in [0.25, 0.3) is 0 Å². The largest absolute Gasteiger partial charge is 0.370 e. The van der Waals surface area contributed by atoms with Gasteiger partial charge in [-0.05, 0) is 19.9 Å². The van der Waals surface area contributed by atoms with E-state index in [1.54, 1.807) is 6.07 Å². The van der Waals surface area contributed by atoms with E-state index in [4.69, 9.17) is 23.2 Å². The van der Waals surface area contributed by atoms with Crippen molar-refractivity contribution in [2.24, 2.45) is 0 Å². The molecule has 3 nitrogen and oxygen atoms in total. The van der Waals surface area contributed by atoms with Crippen molar-refractivity contribution >= 4 is 29.0 Å². The van der Waals surface area contributed by atoms with Gasteiger partial charge < -0.3 is 5.32 Å². The molecule has 0 fully saturated rings. The number of hydrogen-bond acceptors (Lipinski definition) is 3. The van der Waals surface area contributed by atoms with E-state index in [9.17, 15) is 0 Å². The molecular weight excluding hydrogens is 269 g/mol. The maximum atomic E-state index is 6.20. The maximum absolute atomic E-state index is 6.20. The zero-order valence-electron chi connectivity index (χ0n) is 10.2. The van der Waals surface area contributed by atoms with Crippen LogP contribution in [0, 0.1) is 6.92 Å². The van der Waals surface area contributed by atoms with Crippen LogP contribution in [0.1, 0.15) is 12.7 Å². The first-order chi connectivity index (χ1) is 8.61. The first kappa shape index (κ1) is 13.1. The maximum Gasteiger partial charge on any atom is 0.130 e. The summed E-state index contributed by atoms with van der Waals surface area (Å²) >= 11 is 12.2. The Labute approximate surface area is 116 Å². The molecule has 1 heterocycles. The number of nitrogens with zero attached hydrogens (tertiary/aromatic N) is 2. The van der Waals surface area contributed by atoms with Crippen LogP contribution in [0.25, 0.3) is 11.3 Å². The van der Waals surface area contributed by atoms with Crippen molar-refractivity contribution in [2.75, 3.05) is 11.9 Å². The summed E-state index contributed by atoms with van der Waals surface area (Å²) in [6.07, 6.45) is 0. The first-order valence-corrected chi connectivity index (χ1v) is 6.41. The topological polar surface area (TPSA) is 37.8 Å². The summed E-state index contributed by atoms with van der Waals surface area (Å²) < 4.78 is 0. The zero-order valence-corrected chi connectivity index (χ0v) is 11.7. The highest BCUT2D eigenvalue weighted by Crippen LogP contribution is 2.33. The minimum atomic E-state index is 0.514. The van der Waals surface area contributed by atoms with Crippen molar-refractivity contribution in [1.29, 1.82) is 0 Å².